The third-order valence-corrected chi connectivity index (χ3v) is 3.36. The Labute approximate surface area is 102 Å². The second kappa shape index (κ2) is 3.47. The molecular weight excluding hydrogens is 244 g/mol. The molecule has 0 saturated carbocycles. The fourth-order valence-corrected chi connectivity index (χ4v) is 2.60. The fourth-order valence-electron chi connectivity index (χ4n) is 2.41. The molecular formula is C12H9ClO4. The Morgan fingerprint density at radius 3 is 2.41 bits per heavy atom. The zero-order valence-corrected chi connectivity index (χ0v) is 9.57. The highest BCUT2D eigenvalue weighted by Gasteiger charge is 2.59. The maximum Gasteiger partial charge on any atom is 0.309 e. The smallest absolute Gasteiger partial charge is 0.309 e. The second-order valence-electron chi connectivity index (χ2n) is 4.23. The number of fused-ring (bicyclic) bond motifs is 1. The van der Waals surface area contributed by atoms with Gasteiger partial charge in [-0.15, -0.1) is 0 Å². The van der Waals surface area contributed by atoms with Gasteiger partial charge in [-0.1, -0.05) is 23.7 Å². The van der Waals surface area contributed by atoms with Crippen molar-refractivity contribution in [1.29, 1.82) is 0 Å². The molecule has 0 amide bonds. The van der Waals surface area contributed by atoms with Crippen molar-refractivity contribution in [2.45, 2.75) is 18.6 Å². The number of esters is 2. The van der Waals surface area contributed by atoms with Crippen molar-refractivity contribution in [3.63, 3.8) is 0 Å². The molecule has 0 radical (unpaired) electrons. The Balaban J connectivity index is 2.09. The first-order chi connectivity index (χ1) is 8.10. The average Bonchev–Trinajstić information content (AvgIpc) is 2.70. The summed E-state index contributed by atoms with van der Waals surface area (Å²) in [7, 11) is 0. The lowest BCUT2D eigenvalue weighted by molar-refractivity contribution is -0.210. The van der Waals surface area contributed by atoms with E-state index < -0.39 is 5.79 Å². The van der Waals surface area contributed by atoms with Gasteiger partial charge in [0.05, 0.1) is 18.8 Å². The van der Waals surface area contributed by atoms with Gasteiger partial charge in [0.25, 0.3) is 5.79 Å². The molecule has 1 aromatic carbocycles. The van der Waals surface area contributed by atoms with Gasteiger partial charge < -0.3 is 9.47 Å². The molecule has 2 fully saturated rings. The number of carbonyl (C=O) groups excluding carboxylic acids is 2. The van der Waals surface area contributed by atoms with Crippen molar-refractivity contribution in [3.05, 3.63) is 34.9 Å². The maximum absolute atomic E-state index is 11.4. The first-order valence-electron chi connectivity index (χ1n) is 5.30. The van der Waals surface area contributed by atoms with Gasteiger partial charge in [-0.3, -0.25) is 9.59 Å². The molecule has 0 N–H and O–H groups in total. The average molecular weight is 253 g/mol. The molecule has 0 aliphatic carbocycles. The maximum atomic E-state index is 11.4. The van der Waals surface area contributed by atoms with E-state index in [1.54, 1.807) is 24.3 Å². The van der Waals surface area contributed by atoms with Gasteiger partial charge in [-0.25, -0.2) is 0 Å². The third-order valence-electron chi connectivity index (χ3n) is 3.12. The van der Waals surface area contributed by atoms with Crippen LogP contribution in [0.3, 0.4) is 0 Å². The number of hydrogen-bond donors (Lipinski definition) is 0. The van der Waals surface area contributed by atoms with Crippen molar-refractivity contribution < 1.29 is 19.1 Å². The van der Waals surface area contributed by atoms with E-state index in [1.165, 1.54) is 0 Å². The molecule has 17 heavy (non-hydrogen) atoms. The SMILES string of the molecule is O=C1CC2CC(=O)OC2(c2cccc(Cl)c2)O1. The summed E-state index contributed by atoms with van der Waals surface area (Å²) < 4.78 is 10.5. The van der Waals surface area contributed by atoms with Gasteiger partial charge in [-0.2, -0.15) is 0 Å². The van der Waals surface area contributed by atoms with Gasteiger partial charge in [0, 0.05) is 10.6 Å². The molecule has 0 spiro atoms. The van der Waals surface area contributed by atoms with E-state index in [0.717, 1.165) is 0 Å². The van der Waals surface area contributed by atoms with Crippen LogP contribution >= 0.6 is 11.6 Å². The molecule has 2 aliphatic rings. The van der Waals surface area contributed by atoms with Crippen molar-refractivity contribution in [2.24, 2.45) is 5.92 Å². The standard InChI is InChI=1S/C12H9ClO4/c13-9-3-1-2-7(4-9)12-8(5-10(14)16-12)6-11(15)17-12/h1-4,8H,5-6H2. The second-order valence-corrected chi connectivity index (χ2v) is 4.67. The van der Waals surface area contributed by atoms with E-state index in [0.29, 0.717) is 10.6 Å². The van der Waals surface area contributed by atoms with Crippen LogP contribution < -0.4 is 0 Å². The number of halogens is 1. The Morgan fingerprint density at radius 1 is 1.18 bits per heavy atom. The van der Waals surface area contributed by atoms with Gasteiger partial charge in [0.2, 0.25) is 0 Å². The van der Waals surface area contributed by atoms with Crippen LogP contribution in [0.4, 0.5) is 0 Å². The summed E-state index contributed by atoms with van der Waals surface area (Å²) in [5.74, 6) is -2.19. The van der Waals surface area contributed by atoms with Crippen LogP contribution in [0.15, 0.2) is 24.3 Å². The van der Waals surface area contributed by atoms with E-state index in [9.17, 15) is 9.59 Å². The monoisotopic (exact) mass is 252 g/mol. The van der Waals surface area contributed by atoms with Gasteiger partial charge in [0.15, 0.2) is 0 Å². The zero-order valence-electron chi connectivity index (χ0n) is 8.81. The van der Waals surface area contributed by atoms with E-state index in [1.807, 2.05) is 0 Å². The van der Waals surface area contributed by atoms with E-state index in [2.05, 4.69) is 0 Å². The predicted molar refractivity (Wildman–Crippen MR) is 58.0 cm³/mol. The highest BCUT2D eigenvalue weighted by atomic mass is 35.5. The molecule has 5 heteroatoms. The molecule has 2 heterocycles. The van der Waals surface area contributed by atoms with Crippen LogP contribution in [0.25, 0.3) is 0 Å². The molecule has 0 unspecified atom stereocenters. The minimum absolute atomic E-state index is 0.207. The number of rotatable bonds is 1. The molecule has 3 rings (SSSR count). The normalized spacial score (nSPS) is 31.0. The first-order valence-corrected chi connectivity index (χ1v) is 5.68. The Hall–Kier alpha value is -1.55. The first kappa shape index (κ1) is 10.6. The van der Waals surface area contributed by atoms with Crippen molar-refractivity contribution in [1.82, 2.24) is 0 Å². The molecule has 4 nitrogen and oxygen atoms in total. The molecule has 2 saturated heterocycles. The summed E-state index contributed by atoms with van der Waals surface area (Å²) in [6.07, 6.45) is 0.413. The minimum atomic E-state index is -1.25. The molecule has 0 bridgehead atoms. The Kier molecular flexibility index (Phi) is 2.16. The van der Waals surface area contributed by atoms with Crippen LogP contribution in [0, 0.1) is 5.92 Å². The molecule has 0 aromatic heterocycles. The molecule has 88 valence electrons. The minimum Gasteiger partial charge on any atom is -0.418 e. The van der Waals surface area contributed by atoms with Gasteiger partial charge >= 0.3 is 11.9 Å². The quantitative estimate of drug-likeness (QED) is 0.718. The number of ether oxygens (including phenoxy) is 2. The van der Waals surface area contributed by atoms with E-state index in [4.69, 9.17) is 21.1 Å². The number of hydrogen-bond acceptors (Lipinski definition) is 4. The highest BCUT2D eigenvalue weighted by molar-refractivity contribution is 6.30. The van der Waals surface area contributed by atoms with Crippen LogP contribution in [0.2, 0.25) is 5.02 Å². The van der Waals surface area contributed by atoms with Crippen LogP contribution in [0.1, 0.15) is 18.4 Å². The predicted octanol–water partition coefficient (Wildman–Crippen LogP) is 2.00. The highest BCUT2D eigenvalue weighted by Crippen LogP contribution is 2.49. The van der Waals surface area contributed by atoms with Crippen molar-refractivity contribution >= 4 is 23.5 Å². The Bertz CT molecular complexity index is 491. The van der Waals surface area contributed by atoms with E-state index >= 15 is 0 Å². The number of benzene rings is 1. The summed E-state index contributed by atoms with van der Waals surface area (Å²) >= 11 is 5.90. The van der Waals surface area contributed by atoms with Crippen LogP contribution in [-0.2, 0) is 24.8 Å². The van der Waals surface area contributed by atoms with Gasteiger partial charge in [-0.05, 0) is 12.1 Å². The van der Waals surface area contributed by atoms with Crippen molar-refractivity contribution in [2.75, 3.05) is 0 Å². The Morgan fingerprint density at radius 2 is 1.82 bits per heavy atom. The largest absolute Gasteiger partial charge is 0.418 e. The van der Waals surface area contributed by atoms with E-state index in [-0.39, 0.29) is 30.7 Å². The van der Waals surface area contributed by atoms with Crippen LogP contribution in [0.5, 0.6) is 0 Å². The zero-order chi connectivity index (χ0) is 12.0. The van der Waals surface area contributed by atoms with Crippen molar-refractivity contribution in [3.8, 4) is 0 Å². The summed E-state index contributed by atoms with van der Waals surface area (Å²) in [5, 5.41) is 0.515. The topological polar surface area (TPSA) is 52.6 Å². The summed E-state index contributed by atoms with van der Waals surface area (Å²) in [6, 6.07) is 6.86. The summed E-state index contributed by atoms with van der Waals surface area (Å²) in [6.45, 7) is 0. The third kappa shape index (κ3) is 1.52. The summed E-state index contributed by atoms with van der Waals surface area (Å²) in [4.78, 5) is 22.8. The van der Waals surface area contributed by atoms with Crippen LogP contribution in [-0.4, -0.2) is 11.9 Å². The molecule has 0 atom stereocenters. The molecule has 1 aromatic rings. The molecule has 2 aliphatic heterocycles. The lowest BCUT2D eigenvalue weighted by Gasteiger charge is -2.25. The van der Waals surface area contributed by atoms with Gasteiger partial charge in [0.1, 0.15) is 0 Å². The number of carbonyl (C=O) groups is 2. The summed E-state index contributed by atoms with van der Waals surface area (Å²) in [5.41, 5.74) is 0.617. The lowest BCUT2D eigenvalue weighted by atomic mass is 9.91. The lowest BCUT2D eigenvalue weighted by Crippen LogP contribution is -2.30. The fraction of sp³-hybridized carbons (Fsp3) is 0.333.